The minimum absolute atomic E-state index is 0.312. The van der Waals surface area contributed by atoms with E-state index in [1.807, 2.05) is 6.07 Å². The van der Waals surface area contributed by atoms with Gasteiger partial charge >= 0.3 is 0 Å². The van der Waals surface area contributed by atoms with Crippen LogP contribution < -0.4 is 5.32 Å². The van der Waals surface area contributed by atoms with Crippen molar-refractivity contribution in [1.82, 2.24) is 10.3 Å². The van der Waals surface area contributed by atoms with Crippen molar-refractivity contribution in [1.29, 1.82) is 0 Å². The Bertz CT molecular complexity index is 412. The molecular formula is C17H28N2O2. The summed E-state index contributed by atoms with van der Waals surface area (Å²) in [5.74, 6) is 0. The quantitative estimate of drug-likeness (QED) is 0.748. The first-order valence-corrected chi connectivity index (χ1v) is 8.11. The van der Waals surface area contributed by atoms with E-state index < -0.39 is 0 Å². The van der Waals surface area contributed by atoms with Crippen molar-refractivity contribution >= 4 is 0 Å². The molecule has 1 N–H and O–H groups in total. The lowest BCUT2D eigenvalue weighted by molar-refractivity contribution is -0.0372. The molecule has 0 saturated heterocycles. The highest BCUT2D eigenvalue weighted by atomic mass is 16.5. The molecule has 0 radical (unpaired) electrons. The molecular weight excluding hydrogens is 264 g/mol. The van der Waals surface area contributed by atoms with Gasteiger partial charge in [-0.25, -0.2) is 0 Å². The molecule has 118 valence electrons. The van der Waals surface area contributed by atoms with Crippen LogP contribution in [0, 0.1) is 0 Å². The number of nitrogens with zero attached hydrogens (tertiary/aromatic N) is 1. The summed E-state index contributed by atoms with van der Waals surface area (Å²) in [4.78, 5) is 4.65. The number of rotatable bonds is 8. The van der Waals surface area contributed by atoms with Crippen LogP contribution in [0.1, 0.15) is 50.4 Å². The molecule has 2 atom stereocenters. The van der Waals surface area contributed by atoms with Crippen molar-refractivity contribution in [2.45, 2.75) is 64.4 Å². The average Bonchev–Trinajstić information content (AvgIpc) is 2.54. The van der Waals surface area contributed by atoms with Crippen molar-refractivity contribution < 1.29 is 9.47 Å². The zero-order valence-corrected chi connectivity index (χ0v) is 13.3. The number of nitrogens with one attached hydrogen (secondary N) is 1. The number of pyridine rings is 1. The van der Waals surface area contributed by atoms with Crippen molar-refractivity contribution in [3.8, 4) is 0 Å². The Hall–Kier alpha value is -0.970. The maximum Gasteiger partial charge on any atom is 0.0891 e. The third-order valence-electron chi connectivity index (χ3n) is 3.98. The number of ether oxygens (including phenoxy) is 2. The summed E-state index contributed by atoms with van der Waals surface area (Å²) < 4.78 is 11.5. The number of hydrogen-bond donors (Lipinski definition) is 1. The summed E-state index contributed by atoms with van der Waals surface area (Å²) in [5, 5.41) is 3.38. The molecule has 1 heterocycles. The molecule has 1 saturated carbocycles. The van der Waals surface area contributed by atoms with Crippen LogP contribution in [0.25, 0.3) is 0 Å². The Balaban J connectivity index is 1.78. The summed E-state index contributed by atoms with van der Waals surface area (Å²) in [6.45, 7) is 4.63. The molecule has 1 aromatic rings. The van der Waals surface area contributed by atoms with Crippen LogP contribution in [-0.4, -0.2) is 30.8 Å². The molecule has 2 unspecified atom stereocenters. The minimum atomic E-state index is 0.312. The fourth-order valence-electron chi connectivity index (χ4n) is 2.77. The van der Waals surface area contributed by atoms with Gasteiger partial charge in [0.1, 0.15) is 0 Å². The van der Waals surface area contributed by atoms with Gasteiger partial charge in [-0.05, 0) is 50.8 Å². The van der Waals surface area contributed by atoms with Crippen molar-refractivity contribution in [2.75, 3.05) is 13.7 Å². The molecule has 1 aromatic heterocycles. The monoisotopic (exact) mass is 292 g/mol. The topological polar surface area (TPSA) is 43.4 Å². The normalized spacial score (nSPS) is 22.4. The van der Waals surface area contributed by atoms with Crippen molar-refractivity contribution in [2.24, 2.45) is 0 Å². The first-order chi connectivity index (χ1) is 10.3. The molecule has 0 amide bonds. The van der Waals surface area contributed by atoms with E-state index in [-0.39, 0.29) is 0 Å². The van der Waals surface area contributed by atoms with Crippen LogP contribution in [0.4, 0.5) is 0 Å². The van der Waals surface area contributed by atoms with Gasteiger partial charge in [0.15, 0.2) is 0 Å². The highest BCUT2D eigenvalue weighted by Gasteiger charge is 2.22. The molecule has 1 aliphatic carbocycles. The van der Waals surface area contributed by atoms with Crippen LogP contribution in [0.15, 0.2) is 18.2 Å². The zero-order valence-electron chi connectivity index (χ0n) is 13.3. The van der Waals surface area contributed by atoms with Crippen LogP contribution in [-0.2, 0) is 22.6 Å². The van der Waals surface area contributed by atoms with Gasteiger partial charge in [0.2, 0.25) is 0 Å². The summed E-state index contributed by atoms with van der Waals surface area (Å²) in [6, 6.07) is 6.17. The average molecular weight is 292 g/mol. The second-order valence-corrected chi connectivity index (χ2v) is 5.75. The van der Waals surface area contributed by atoms with E-state index in [2.05, 4.69) is 29.4 Å². The highest BCUT2D eigenvalue weighted by Crippen LogP contribution is 2.23. The van der Waals surface area contributed by atoms with Crippen molar-refractivity contribution in [3.05, 3.63) is 29.6 Å². The van der Waals surface area contributed by atoms with E-state index >= 15 is 0 Å². The highest BCUT2D eigenvalue weighted by molar-refractivity contribution is 5.10. The van der Waals surface area contributed by atoms with Gasteiger partial charge in [-0.2, -0.15) is 0 Å². The van der Waals surface area contributed by atoms with E-state index in [0.29, 0.717) is 18.8 Å². The molecule has 4 heteroatoms. The summed E-state index contributed by atoms with van der Waals surface area (Å²) >= 11 is 0. The molecule has 0 spiro atoms. The molecule has 0 bridgehead atoms. The Morgan fingerprint density at radius 1 is 1.24 bits per heavy atom. The molecule has 21 heavy (non-hydrogen) atoms. The maximum absolute atomic E-state index is 6.02. The number of methoxy groups -OCH3 is 1. The summed E-state index contributed by atoms with van der Waals surface area (Å²) in [7, 11) is 1.79. The van der Waals surface area contributed by atoms with Gasteiger partial charge in [0, 0.05) is 13.7 Å². The van der Waals surface area contributed by atoms with Gasteiger partial charge in [-0.3, -0.25) is 4.98 Å². The largest absolute Gasteiger partial charge is 0.381 e. The fourth-order valence-corrected chi connectivity index (χ4v) is 2.77. The number of aromatic nitrogens is 1. The van der Waals surface area contributed by atoms with Gasteiger partial charge in [0.25, 0.3) is 0 Å². The Morgan fingerprint density at radius 3 is 2.86 bits per heavy atom. The lowest BCUT2D eigenvalue weighted by Crippen LogP contribution is -2.27. The molecule has 1 aliphatic rings. The van der Waals surface area contributed by atoms with Gasteiger partial charge in [0.05, 0.1) is 30.2 Å². The van der Waals surface area contributed by atoms with Gasteiger partial charge in [-0.15, -0.1) is 0 Å². The van der Waals surface area contributed by atoms with Crippen LogP contribution in [0.5, 0.6) is 0 Å². The second kappa shape index (κ2) is 9.13. The van der Waals surface area contributed by atoms with E-state index in [1.54, 1.807) is 7.11 Å². The second-order valence-electron chi connectivity index (χ2n) is 5.75. The molecule has 1 fully saturated rings. The van der Waals surface area contributed by atoms with Gasteiger partial charge < -0.3 is 14.8 Å². The number of hydrogen-bond acceptors (Lipinski definition) is 4. The predicted octanol–water partition coefficient (Wildman–Crippen LogP) is 3.06. The van der Waals surface area contributed by atoms with Gasteiger partial charge in [-0.1, -0.05) is 13.0 Å². The molecule has 4 nitrogen and oxygen atoms in total. The third-order valence-corrected chi connectivity index (χ3v) is 3.98. The van der Waals surface area contributed by atoms with E-state index in [0.717, 1.165) is 50.2 Å². The van der Waals surface area contributed by atoms with Crippen LogP contribution in [0.3, 0.4) is 0 Å². The van der Waals surface area contributed by atoms with Crippen LogP contribution >= 0.6 is 0 Å². The Kier molecular flexibility index (Phi) is 7.13. The lowest BCUT2D eigenvalue weighted by atomic mass is 9.95. The lowest BCUT2D eigenvalue weighted by Gasteiger charge is -2.28. The first kappa shape index (κ1) is 16.4. The van der Waals surface area contributed by atoms with Crippen molar-refractivity contribution in [3.63, 3.8) is 0 Å². The summed E-state index contributed by atoms with van der Waals surface area (Å²) in [5.41, 5.74) is 2.10. The summed E-state index contributed by atoms with van der Waals surface area (Å²) in [6.07, 6.45) is 6.32. The molecule has 0 aliphatic heterocycles. The van der Waals surface area contributed by atoms with E-state index in [1.165, 1.54) is 6.42 Å². The standard InChI is InChI=1S/C17H28N2O2/c1-3-10-18-12-14-6-4-7-15(19-14)13-21-17-9-5-8-16(11-17)20-2/h4,6-7,16-18H,3,5,8-13H2,1-2H3. The Morgan fingerprint density at radius 2 is 2.05 bits per heavy atom. The molecule has 0 aromatic carbocycles. The van der Waals surface area contributed by atoms with E-state index in [4.69, 9.17) is 9.47 Å². The van der Waals surface area contributed by atoms with Crippen LogP contribution in [0.2, 0.25) is 0 Å². The SMILES string of the molecule is CCCNCc1cccc(COC2CCCC(OC)C2)n1. The zero-order chi connectivity index (χ0) is 14.9. The smallest absolute Gasteiger partial charge is 0.0891 e. The minimum Gasteiger partial charge on any atom is -0.381 e. The third kappa shape index (κ3) is 5.73. The maximum atomic E-state index is 6.02. The Labute approximate surface area is 128 Å². The first-order valence-electron chi connectivity index (χ1n) is 8.11. The molecule has 2 rings (SSSR count). The fraction of sp³-hybridized carbons (Fsp3) is 0.706. The predicted molar refractivity (Wildman–Crippen MR) is 84.1 cm³/mol. The van der Waals surface area contributed by atoms with E-state index in [9.17, 15) is 0 Å².